The molecule has 24 heavy (non-hydrogen) atoms. The first kappa shape index (κ1) is 17.4. The molecule has 0 spiro atoms. The summed E-state index contributed by atoms with van der Waals surface area (Å²) in [4.78, 5) is 36.6. The molecular weight excluding hydrogens is 320 g/mol. The van der Waals surface area contributed by atoms with E-state index < -0.39 is 36.1 Å². The van der Waals surface area contributed by atoms with Gasteiger partial charge in [-0.15, -0.1) is 0 Å². The van der Waals surface area contributed by atoms with E-state index in [-0.39, 0.29) is 6.42 Å². The van der Waals surface area contributed by atoms with Crippen LogP contribution in [-0.2, 0) is 20.8 Å². The third-order valence-electron chi connectivity index (χ3n) is 3.53. The quantitative estimate of drug-likeness (QED) is 0.381. The van der Waals surface area contributed by atoms with Crippen molar-refractivity contribution in [3.8, 4) is 0 Å². The molecule has 128 valence electrons. The number of nitrogens with one attached hydrogen (secondary N) is 2. The number of aromatic nitrogens is 1. The van der Waals surface area contributed by atoms with Crippen molar-refractivity contribution < 1.29 is 34.8 Å². The number of benzene rings is 1. The van der Waals surface area contributed by atoms with Gasteiger partial charge >= 0.3 is 11.9 Å². The summed E-state index contributed by atoms with van der Waals surface area (Å²) in [5, 5.41) is 39.2. The van der Waals surface area contributed by atoms with Crippen LogP contribution in [0.4, 0.5) is 0 Å². The Morgan fingerprint density at radius 2 is 1.71 bits per heavy atom. The third kappa shape index (κ3) is 3.70. The van der Waals surface area contributed by atoms with Gasteiger partial charge in [0, 0.05) is 23.5 Å². The molecule has 0 aliphatic heterocycles. The maximum atomic E-state index is 11.7. The Bertz CT molecular complexity index is 770. The van der Waals surface area contributed by atoms with Crippen LogP contribution in [-0.4, -0.2) is 61.5 Å². The van der Waals surface area contributed by atoms with Gasteiger partial charge in [-0.25, -0.2) is 9.59 Å². The van der Waals surface area contributed by atoms with Crippen molar-refractivity contribution in [1.29, 1.82) is 0 Å². The summed E-state index contributed by atoms with van der Waals surface area (Å²) in [5.74, 6) is -4.43. The number of amides is 1. The molecule has 0 aliphatic carbocycles. The molecule has 0 saturated carbocycles. The van der Waals surface area contributed by atoms with Crippen molar-refractivity contribution in [3.05, 3.63) is 36.0 Å². The average Bonchev–Trinajstić information content (AvgIpc) is 2.95. The number of para-hydroxylation sites is 1. The van der Waals surface area contributed by atoms with E-state index in [0.29, 0.717) is 5.56 Å². The number of carbonyl (C=O) groups is 3. The van der Waals surface area contributed by atoms with Crippen molar-refractivity contribution in [2.75, 3.05) is 0 Å². The van der Waals surface area contributed by atoms with Crippen molar-refractivity contribution >= 4 is 28.7 Å². The molecule has 1 aromatic heterocycles. The van der Waals surface area contributed by atoms with Crippen LogP contribution in [0.1, 0.15) is 5.56 Å². The molecule has 9 nitrogen and oxygen atoms in total. The standard InChI is InChI=1S/C15H16N2O7/c18-11(12(19)15(23)24)13(20)17-10(14(21)22)5-7-6-16-9-4-2-1-3-8(7)9/h1-4,6,10-12,16,18-19H,5H2,(H,17,20)(H,21,22)(H,23,24)/t10-,11-,12+/m1/s1. The number of rotatable bonds is 7. The topological polar surface area (TPSA) is 160 Å². The van der Waals surface area contributed by atoms with Crippen LogP contribution in [0.3, 0.4) is 0 Å². The van der Waals surface area contributed by atoms with Gasteiger partial charge in [-0.2, -0.15) is 0 Å². The number of aliphatic carboxylic acids is 2. The number of hydrogen-bond donors (Lipinski definition) is 6. The summed E-state index contributed by atoms with van der Waals surface area (Å²) in [6.07, 6.45) is -3.09. The van der Waals surface area contributed by atoms with E-state index in [9.17, 15) is 24.6 Å². The Morgan fingerprint density at radius 3 is 2.33 bits per heavy atom. The first-order chi connectivity index (χ1) is 11.3. The summed E-state index contributed by atoms with van der Waals surface area (Å²) in [6.45, 7) is 0. The molecule has 6 N–H and O–H groups in total. The Morgan fingerprint density at radius 1 is 1.04 bits per heavy atom. The maximum Gasteiger partial charge on any atom is 0.335 e. The van der Waals surface area contributed by atoms with Crippen LogP contribution in [0.25, 0.3) is 10.9 Å². The maximum absolute atomic E-state index is 11.7. The minimum absolute atomic E-state index is 0.0824. The summed E-state index contributed by atoms with van der Waals surface area (Å²) < 4.78 is 0. The summed E-state index contributed by atoms with van der Waals surface area (Å²) in [7, 11) is 0. The number of carbonyl (C=O) groups excluding carboxylic acids is 1. The van der Waals surface area contributed by atoms with Crippen LogP contribution in [0.2, 0.25) is 0 Å². The predicted molar refractivity (Wildman–Crippen MR) is 81.2 cm³/mol. The second-order valence-electron chi connectivity index (χ2n) is 5.19. The van der Waals surface area contributed by atoms with Gasteiger partial charge in [-0.05, 0) is 11.6 Å². The van der Waals surface area contributed by atoms with E-state index in [1.165, 1.54) is 0 Å². The van der Waals surface area contributed by atoms with Gasteiger partial charge in [0.05, 0.1) is 0 Å². The summed E-state index contributed by atoms with van der Waals surface area (Å²) in [5.41, 5.74) is 1.43. The second kappa shape index (κ2) is 7.11. The normalized spacial score (nSPS) is 14.8. The highest BCUT2D eigenvalue weighted by molar-refractivity contribution is 5.91. The van der Waals surface area contributed by atoms with Crippen molar-refractivity contribution in [2.45, 2.75) is 24.7 Å². The number of aromatic amines is 1. The Balaban J connectivity index is 2.14. The summed E-state index contributed by atoms with van der Waals surface area (Å²) >= 11 is 0. The number of carboxylic acid groups (broad SMARTS) is 2. The zero-order valence-corrected chi connectivity index (χ0v) is 12.3. The Hall–Kier alpha value is -2.91. The molecule has 1 amide bonds. The molecule has 3 atom stereocenters. The summed E-state index contributed by atoms with van der Waals surface area (Å²) in [6, 6.07) is 5.78. The molecule has 9 heteroatoms. The van der Waals surface area contributed by atoms with Crippen molar-refractivity contribution in [3.63, 3.8) is 0 Å². The highest BCUT2D eigenvalue weighted by Crippen LogP contribution is 2.19. The lowest BCUT2D eigenvalue weighted by atomic mass is 10.0. The Labute approximate surface area is 135 Å². The average molecular weight is 336 g/mol. The van der Waals surface area contributed by atoms with Gasteiger partial charge in [0.15, 0.2) is 12.2 Å². The fourth-order valence-electron chi connectivity index (χ4n) is 2.26. The van der Waals surface area contributed by atoms with E-state index in [4.69, 9.17) is 10.2 Å². The van der Waals surface area contributed by atoms with Gasteiger partial charge < -0.3 is 30.7 Å². The third-order valence-corrected chi connectivity index (χ3v) is 3.53. The van der Waals surface area contributed by atoms with Crippen LogP contribution < -0.4 is 5.32 Å². The number of carboxylic acids is 2. The first-order valence-electron chi connectivity index (χ1n) is 6.98. The van der Waals surface area contributed by atoms with E-state index in [1.807, 2.05) is 11.4 Å². The molecule has 1 aromatic carbocycles. The first-order valence-corrected chi connectivity index (χ1v) is 6.98. The fourth-order valence-corrected chi connectivity index (χ4v) is 2.26. The number of aliphatic hydroxyl groups is 2. The minimum atomic E-state index is -2.34. The molecule has 2 aromatic rings. The lowest BCUT2D eigenvalue weighted by Gasteiger charge is -2.18. The van der Waals surface area contributed by atoms with E-state index in [1.54, 1.807) is 24.4 Å². The molecular formula is C15H16N2O7. The molecule has 0 fully saturated rings. The second-order valence-corrected chi connectivity index (χ2v) is 5.19. The van der Waals surface area contributed by atoms with Gasteiger partial charge in [0.25, 0.3) is 5.91 Å². The highest BCUT2D eigenvalue weighted by atomic mass is 16.4. The smallest absolute Gasteiger partial charge is 0.335 e. The molecule has 0 radical (unpaired) electrons. The zero-order valence-electron chi connectivity index (χ0n) is 12.3. The highest BCUT2D eigenvalue weighted by Gasteiger charge is 2.32. The predicted octanol–water partition coefficient (Wildman–Crippen LogP) is -0.914. The SMILES string of the molecule is O=C(O)[C@@H](O)[C@@H](O)C(=O)N[C@H](Cc1c[nH]c2ccccc12)C(=O)O. The number of H-pyrrole nitrogens is 1. The van der Waals surface area contributed by atoms with E-state index in [0.717, 1.165) is 10.9 Å². The van der Waals surface area contributed by atoms with Crippen molar-refractivity contribution in [1.82, 2.24) is 10.3 Å². The molecule has 0 bridgehead atoms. The van der Waals surface area contributed by atoms with Crippen LogP contribution >= 0.6 is 0 Å². The minimum Gasteiger partial charge on any atom is -0.480 e. The Kier molecular flexibility index (Phi) is 5.17. The monoisotopic (exact) mass is 336 g/mol. The van der Waals surface area contributed by atoms with Gasteiger partial charge in [0.1, 0.15) is 6.04 Å². The number of fused-ring (bicyclic) bond motifs is 1. The van der Waals surface area contributed by atoms with E-state index in [2.05, 4.69) is 4.98 Å². The molecule has 0 saturated heterocycles. The lowest BCUT2D eigenvalue weighted by molar-refractivity contribution is -0.158. The van der Waals surface area contributed by atoms with Gasteiger partial charge in [-0.3, -0.25) is 4.79 Å². The lowest BCUT2D eigenvalue weighted by Crippen LogP contribution is -2.51. The number of aliphatic hydroxyl groups excluding tert-OH is 2. The van der Waals surface area contributed by atoms with Gasteiger partial charge in [-0.1, -0.05) is 18.2 Å². The fraction of sp³-hybridized carbons (Fsp3) is 0.267. The molecule has 0 aliphatic rings. The van der Waals surface area contributed by atoms with Crippen LogP contribution in [0.15, 0.2) is 30.5 Å². The molecule has 0 unspecified atom stereocenters. The van der Waals surface area contributed by atoms with Crippen LogP contribution in [0, 0.1) is 0 Å². The van der Waals surface area contributed by atoms with Gasteiger partial charge in [0.2, 0.25) is 0 Å². The zero-order chi connectivity index (χ0) is 17.9. The molecule has 2 rings (SSSR count). The van der Waals surface area contributed by atoms with Crippen LogP contribution in [0.5, 0.6) is 0 Å². The van der Waals surface area contributed by atoms with Crippen molar-refractivity contribution in [2.24, 2.45) is 0 Å². The molecule has 1 heterocycles. The largest absolute Gasteiger partial charge is 0.480 e. The van der Waals surface area contributed by atoms with E-state index >= 15 is 0 Å². The number of hydrogen-bond acceptors (Lipinski definition) is 5.